The largest absolute Gasteiger partial charge is 0.480 e. The highest BCUT2D eigenvalue weighted by molar-refractivity contribution is 5.80. The normalized spacial score (nSPS) is 13.8. The Balaban J connectivity index is 1.34. The molecule has 6 rings (SSSR count). The van der Waals surface area contributed by atoms with Gasteiger partial charge in [-0.05, 0) is 30.9 Å². The number of methoxy groups -OCH3 is 1. The molecule has 0 atom stereocenters. The fourth-order valence-electron chi connectivity index (χ4n) is 4.66. The first-order valence-electron chi connectivity index (χ1n) is 12.0. The third kappa shape index (κ3) is 4.25. The molecule has 1 N–H and O–H groups in total. The van der Waals surface area contributed by atoms with E-state index in [0.29, 0.717) is 46.2 Å². The number of ether oxygens (including phenoxy) is 1. The van der Waals surface area contributed by atoms with Crippen LogP contribution in [0, 0.1) is 6.92 Å². The molecule has 4 aromatic heterocycles. The Bertz CT molecular complexity index is 1670. The lowest BCUT2D eigenvalue weighted by Crippen LogP contribution is -2.05. The zero-order valence-electron chi connectivity index (χ0n) is 20.8. The quantitative estimate of drug-likeness (QED) is 0.335. The second kappa shape index (κ2) is 8.89. The average molecular weight is 521 g/mol. The van der Waals surface area contributed by atoms with Crippen molar-refractivity contribution in [3.8, 4) is 28.7 Å². The number of aromatic amines is 1. The zero-order valence-corrected chi connectivity index (χ0v) is 20.8. The Hall–Kier alpha value is -4.35. The molecular formula is C26H23F3N8O. The van der Waals surface area contributed by atoms with Crippen molar-refractivity contribution in [1.82, 2.24) is 39.7 Å². The molecule has 194 valence electrons. The van der Waals surface area contributed by atoms with Crippen LogP contribution in [0.4, 0.5) is 13.2 Å². The lowest BCUT2D eigenvalue weighted by molar-refractivity contribution is -0.140. The van der Waals surface area contributed by atoms with Gasteiger partial charge in [0.2, 0.25) is 5.88 Å². The van der Waals surface area contributed by atoms with Crippen LogP contribution in [0.25, 0.3) is 33.8 Å². The van der Waals surface area contributed by atoms with Gasteiger partial charge in [0.05, 0.1) is 24.7 Å². The molecular weight excluding hydrogens is 497 g/mol. The second-order valence-electron chi connectivity index (χ2n) is 9.43. The maximum Gasteiger partial charge on any atom is 0.434 e. The Morgan fingerprint density at radius 3 is 2.63 bits per heavy atom. The fraction of sp³-hybridized carbons (Fsp3) is 0.308. The molecule has 0 amide bonds. The maximum absolute atomic E-state index is 13.1. The lowest BCUT2D eigenvalue weighted by Gasteiger charge is -2.10. The highest BCUT2D eigenvalue weighted by Crippen LogP contribution is 2.45. The summed E-state index contributed by atoms with van der Waals surface area (Å²) < 4.78 is 46.3. The second-order valence-corrected chi connectivity index (χ2v) is 9.43. The van der Waals surface area contributed by atoms with E-state index in [1.807, 2.05) is 19.1 Å². The molecule has 1 saturated carbocycles. The van der Waals surface area contributed by atoms with Crippen molar-refractivity contribution >= 4 is 11.0 Å². The topological polar surface area (TPSA) is 107 Å². The first-order chi connectivity index (χ1) is 18.2. The number of nitrogens with one attached hydrogen (secondary N) is 1. The predicted octanol–water partition coefficient (Wildman–Crippen LogP) is 5.01. The van der Waals surface area contributed by atoms with E-state index in [2.05, 4.69) is 30.1 Å². The summed E-state index contributed by atoms with van der Waals surface area (Å²) in [5, 5.41) is 7.41. The maximum atomic E-state index is 13.1. The molecule has 1 aromatic carbocycles. The van der Waals surface area contributed by atoms with Gasteiger partial charge in [0.25, 0.3) is 0 Å². The van der Waals surface area contributed by atoms with Crippen molar-refractivity contribution in [2.24, 2.45) is 7.05 Å². The zero-order chi connectivity index (χ0) is 26.6. The molecule has 0 radical (unpaired) electrons. The summed E-state index contributed by atoms with van der Waals surface area (Å²) in [7, 11) is 3.12. The molecule has 38 heavy (non-hydrogen) atoms. The van der Waals surface area contributed by atoms with E-state index in [0.717, 1.165) is 41.6 Å². The molecule has 9 nitrogen and oxygen atoms in total. The third-order valence-corrected chi connectivity index (χ3v) is 6.67. The summed E-state index contributed by atoms with van der Waals surface area (Å²) in [5.74, 6) is 1.51. The molecule has 5 aromatic rings. The average Bonchev–Trinajstić information content (AvgIpc) is 3.56. The van der Waals surface area contributed by atoms with Crippen molar-refractivity contribution in [2.75, 3.05) is 7.11 Å². The molecule has 0 saturated heterocycles. The number of aryl methyl sites for hydroxylation is 2. The van der Waals surface area contributed by atoms with Gasteiger partial charge >= 0.3 is 6.18 Å². The van der Waals surface area contributed by atoms with E-state index in [4.69, 9.17) is 9.72 Å². The number of H-pyrrole nitrogens is 1. The van der Waals surface area contributed by atoms with Gasteiger partial charge in [0, 0.05) is 31.1 Å². The molecule has 1 aliphatic rings. The Labute approximate surface area is 215 Å². The van der Waals surface area contributed by atoms with Gasteiger partial charge in [-0.15, -0.1) is 0 Å². The number of hydrogen-bond acceptors (Lipinski definition) is 7. The van der Waals surface area contributed by atoms with Crippen LogP contribution in [0.1, 0.15) is 47.0 Å². The molecule has 12 heteroatoms. The SMILES string of the molecule is COc1ncnc(C2CC2)c1-c1ncc2n[nH]c(Cc3ccc(-c4nc(C(F)(F)F)cn4C)c(C)c3)c2n1. The predicted molar refractivity (Wildman–Crippen MR) is 132 cm³/mol. The first kappa shape index (κ1) is 24.0. The van der Waals surface area contributed by atoms with Crippen LogP contribution in [-0.2, 0) is 19.6 Å². The Morgan fingerprint density at radius 2 is 1.95 bits per heavy atom. The molecule has 4 heterocycles. The number of nitrogens with zero attached hydrogens (tertiary/aromatic N) is 7. The minimum absolute atomic E-state index is 0.260. The highest BCUT2D eigenvalue weighted by Gasteiger charge is 2.35. The molecule has 1 aliphatic carbocycles. The minimum atomic E-state index is -4.50. The van der Waals surface area contributed by atoms with Gasteiger partial charge in [-0.25, -0.2) is 24.9 Å². The van der Waals surface area contributed by atoms with Gasteiger partial charge in [-0.1, -0.05) is 18.2 Å². The minimum Gasteiger partial charge on any atom is -0.480 e. The number of halogens is 3. The number of imidazole rings is 1. The van der Waals surface area contributed by atoms with E-state index in [1.165, 1.54) is 10.9 Å². The number of fused-ring (bicyclic) bond motifs is 1. The molecule has 0 spiro atoms. The molecule has 0 aliphatic heterocycles. The van der Waals surface area contributed by atoms with Gasteiger partial charge < -0.3 is 9.30 Å². The Morgan fingerprint density at radius 1 is 1.13 bits per heavy atom. The fourth-order valence-corrected chi connectivity index (χ4v) is 4.66. The molecule has 1 fully saturated rings. The van der Waals surface area contributed by atoms with E-state index in [9.17, 15) is 13.2 Å². The van der Waals surface area contributed by atoms with Gasteiger partial charge in [0.1, 0.15) is 28.7 Å². The van der Waals surface area contributed by atoms with E-state index < -0.39 is 11.9 Å². The van der Waals surface area contributed by atoms with Crippen molar-refractivity contribution in [1.29, 1.82) is 0 Å². The van der Waals surface area contributed by atoms with E-state index in [-0.39, 0.29) is 5.82 Å². The van der Waals surface area contributed by atoms with Crippen LogP contribution >= 0.6 is 0 Å². The smallest absolute Gasteiger partial charge is 0.434 e. The van der Waals surface area contributed by atoms with E-state index >= 15 is 0 Å². The van der Waals surface area contributed by atoms with Crippen LogP contribution in [0.3, 0.4) is 0 Å². The van der Waals surface area contributed by atoms with Crippen LogP contribution in [0.15, 0.2) is 36.9 Å². The first-order valence-corrected chi connectivity index (χ1v) is 12.0. The van der Waals surface area contributed by atoms with E-state index in [1.54, 1.807) is 26.4 Å². The standard InChI is InChI=1S/C26H23F3N8O/c1-13-8-14(4-7-16(13)24-33-19(11-37(24)2)26(27,28)29)9-17-22-18(36-35-17)10-30-23(34-22)20-21(15-5-6-15)31-12-32-25(20)38-3/h4,7-8,10-12,15H,5-6,9H2,1-3H3,(H,35,36). The third-order valence-electron chi connectivity index (χ3n) is 6.67. The lowest BCUT2D eigenvalue weighted by atomic mass is 10.0. The number of hydrogen-bond donors (Lipinski definition) is 1. The van der Waals surface area contributed by atoms with Crippen molar-refractivity contribution in [2.45, 2.75) is 38.3 Å². The Kier molecular flexibility index (Phi) is 5.62. The summed E-state index contributed by atoms with van der Waals surface area (Å²) in [4.78, 5) is 21.9. The van der Waals surface area contributed by atoms with Crippen molar-refractivity contribution in [3.63, 3.8) is 0 Å². The number of aromatic nitrogens is 8. The van der Waals surface area contributed by atoms with Crippen LogP contribution in [0.5, 0.6) is 5.88 Å². The summed E-state index contributed by atoms with van der Waals surface area (Å²) >= 11 is 0. The van der Waals surface area contributed by atoms with Crippen molar-refractivity contribution < 1.29 is 17.9 Å². The number of benzene rings is 1. The summed E-state index contributed by atoms with van der Waals surface area (Å²) in [6.45, 7) is 1.85. The number of rotatable bonds is 6. The summed E-state index contributed by atoms with van der Waals surface area (Å²) in [6, 6.07) is 5.60. The molecule has 0 unspecified atom stereocenters. The van der Waals surface area contributed by atoms with Crippen LogP contribution < -0.4 is 4.74 Å². The summed E-state index contributed by atoms with van der Waals surface area (Å²) in [6.07, 6.45) is 2.25. The van der Waals surface area contributed by atoms with Gasteiger partial charge in [-0.3, -0.25) is 5.10 Å². The number of alkyl halides is 3. The monoisotopic (exact) mass is 520 g/mol. The van der Waals surface area contributed by atoms with Crippen LogP contribution in [0.2, 0.25) is 0 Å². The van der Waals surface area contributed by atoms with Gasteiger partial charge in [-0.2, -0.15) is 18.3 Å². The highest BCUT2D eigenvalue weighted by atomic mass is 19.4. The van der Waals surface area contributed by atoms with Gasteiger partial charge in [0.15, 0.2) is 11.5 Å². The molecule has 0 bridgehead atoms. The summed E-state index contributed by atoms with van der Waals surface area (Å²) in [5.41, 5.74) is 5.13. The van der Waals surface area contributed by atoms with Crippen molar-refractivity contribution in [3.05, 3.63) is 65.1 Å². The van der Waals surface area contributed by atoms with Crippen LogP contribution in [-0.4, -0.2) is 46.8 Å².